The Hall–Kier alpha value is -0.680. The summed E-state index contributed by atoms with van der Waals surface area (Å²) in [6.45, 7) is 7.32. The normalized spacial score (nSPS) is 27.1. The minimum atomic E-state index is -1.01. The van der Waals surface area contributed by atoms with Gasteiger partial charge in [0.1, 0.15) is 12.8 Å². The molecule has 1 aliphatic rings. The van der Waals surface area contributed by atoms with Crippen molar-refractivity contribution in [1.82, 2.24) is 4.90 Å². The Morgan fingerprint density at radius 2 is 2.18 bits per heavy atom. The largest absolute Gasteiger partial charge is 0.480 e. The molecule has 0 aliphatic carbocycles. The number of piperidine rings is 1. The molecule has 1 fully saturated rings. The second-order valence-corrected chi connectivity index (χ2v) is 5.59. The molecule has 0 spiro atoms. The van der Waals surface area contributed by atoms with Gasteiger partial charge in [-0.1, -0.05) is 0 Å². The maximum Gasteiger partial charge on any atom is 0.329 e. The Kier molecular flexibility index (Phi) is 4.89. The molecular formula is C12H22FNO3. The van der Waals surface area contributed by atoms with Gasteiger partial charge in [0.2, 0.25) is 0 Å². The van der Waals surface area contributed by atoms with E-state index in [0.29, 0.717) is 6.54 Å². The van der Waals surface area contributed by atoms with Crippen molar-refractivity contribution < 1.29 is 19.0 Å². The van der Waals surface area contributed by atoms with Gasteiger partial charge >= 0.3 is 5.97 Å². The molecule has 0 amide bonds. The van der Waals surface area contributed by atoms with Gasteiger partial charge in [-0.3, -0.25) is 4.90 Å². The van der Waals surface area contributed by atoms with Crippen molar-refractivity contribution in [3.63, 3.8) is 0 Å². The van der Waals surface area contributed by atoms with Gasteiger partial charge in [0.15, 0.2) is 0 Å². The van der Waals surface area contributed by atoms with Gasteiger partial charge in [-0.2, -0.15) is 0 Å². The quantitative estimate of drug-likeness (QED) is 0.819. The first-order valence-corrected chi connectivity index (χ1v) is 5.99. The van der Waals surface area contributed by atoms with Gasteiger partial charge in [0.25, 0.3) is 0 Å². The highest BCUT2D eigenvalue weighted by Crippen LogP contribution is 2.26. The molecule has 2 atom stereocenters. The standard InChI is InChI=1S/C12H22FNO3/c1-12(2,3)14-5-4-9(10(13)6-14)7-17-8-11(15)16/h9-10H,4-8H2,1-3H3,(H,15,16). The zero-order chi connectivity index (χ0) is 13.1. The highest BCUT2D eigenvalue weighted by Gasteiger charge is 2.33. The summed E-state index contributed by atoms with van der Waals surface area (Å²) in [7, 11) is 0. The van der Waals surface area contributed by atoms with Crippen molar-refractivity contribution in [2.45, 2.75) is 38.9 Å². The summed E-state index contributed by atoms with van der Waals surface area (Å²) < 4.78 is 18.9. The topological polar surface area (TPSA) is 49.8 Å². The molecule has 1 heterocycles. The van der Waals surface area contributed by atoms with Crippen LogP contribution in [0.1, 0.15) is 27.2 Å². The average molecular weight is 247 g/mol. The van der Waals surface area contributed by atoms with E-state index in [1.807, 2.05) is 0 Å². The summed E-state index contributed by atoms with van der Waals surface area (Å²) in [5.41, 5.74) is -0.0166. The Balaban J connectivity index is 2.35. The first-order valence-electron chi connectivity index (χ1n) is 5.99. The van der Waals surface area contributed by atoms with Gasteiger partial charge in [-0.15, -0.1) is 0 Å². The summed E-state index contributed by atoms with van der Waals surface area (Å²) in [5, 5.41) is 8.43. The van der Waals surface area contributed by atoms with E-state index in [1.54, 1.807) is 0 Å². The minimum Gasteiger partial charge on any atom is -0.480 e. The lowest BCUT2D eigenvalue weighted by Crippen LogP contribution is -2.51. The first kappa shape index (κ1) is 14.4. The van der Waals surface area contributed by atoms with Crippen LogP contribution in [0, 0.1) is 5.92 Å². The third-order valence-electron chi connectivity index (χ3n) is 3.18. The molecule has 0 radical (unpaired) electrons. The molecule has 100 valence electrons. The van der Waals surface area contributed by atoms with Crippen LogP contribution >= 0.6 is 0 Å². The summed E-state index contributed by atoms with van der Waals surface area (Å²) >= 11 is 0. The van der Waals surface area contributed by atoms with E-state index in [4.69, 9.17) is 9.84 Å². The molecule has 2 unspecified atom stereocenters. The van der Waals surface area contributed by atoms with Crippen LogP contribution in [0.15, 0.2) is 0 Å². The van der Waals surface area contributed by atoms with Crippen molar-refractivity contribution in [2.75, 3.05) is 26.3 Å². The minimum absolute atomic E-state index is 0.0166. The number of hydrogen-bond acceptors (Lipinski definition) is 3. The van der Waals surface area contributed by atoms with Crippen LogP contribution in [0.3, 0.4) is 0 Å². The number of alkyl halides is 1. The zero-order valence-electron chi connectivity index (χ0n) is 10.8. The molecule has 1 rings (SSSR count). The van der Waals surface area contributed by atoms with Gasteiger partial charge < -0.3 is 9.84 Å². The van der Waals surface area contributed by atoms with Crippen LogP contribution in [-0.2, 0) is 9.53 Å². The fourth-order valence-electron chi connectivity index (χ4n) is 2.05. The maximum atomic E-state index is 13.9. The first-order chi connectivity index (χ1) is 7.80. The Morgan fingerprint density at radius 3 is 2.65 bits per heavy atom. The summed E-state index contributed by atoms with van der Waals surface area (Å²) in [5.74, 6) is -1.18. The van der Waals surface area contributed by atoms with Crippen molar-refractivity contribution in [3.8, 4) is 0 Å². The lowest BCUT2D eigenvalue weighted by Gasteiger charge is -2.42. The predicted molar refractivity (Wildman–Crippen MR) is 62.8 cm³/mol. The third-order valence-corrected chi connectivity index (χ3v) is 3.18. The van der Waals surface area contributed by atoms with E-state index in [0.717, 1.165) is 13.0 Å². The Morgan fingerprint density at radius 1 is 1.53 bits per heavy atom. The Labute approximate surface area is 102 Å². The third kappa shape index (κ3) is 4.60. The van der Waals surface area contributed by atoms with Crippen LogP contribution in [0.4, 0.5) is 4.39 Å². The molecule has 1 aliphatic heterocycles. The second-order valence-electron chi connectivity index (χ2n) is 5.59. The highest BCUT2D eigenvalue weighted by atomic mass is 19.1. The fraction of sp³-hybridized carbons (Fsp3) is 0.917. The molecule has 0 aromatic rings. The number of aliphatic carboxylic acids is 1. The van der Waals surface area contributed by atoms with Crippen LogP contribution < -0.4 is 0 Å². The van der Waals surface area contributed by atoms with Crippen LogP contribution in [0.25, 0.3) is 0 Å². The van der Waals surface area contributed by atoms with E-state index in [2.05, 4.69) is 25.7 Å². The van der Waals surface area contributed by atoms with E-state index >= 15 is 0 Å². The number of carbonyl (C=O) groups is 1. The molecule has 17 heavy (non-hydrogen) atoms. The van der Waals surface area contributed by atoms with Crippen molar-refractivity contribution in [1.29, 1.82) is 0 Å². The SMILES string of the molecule is CC(C)(C)N1CCC(COCC(=O)O)C(F)C1. The van der Waals surface area contributed by atoms with Crippen LogP contribution in [-0.4, -0.2) is 54.0 Å². The molecule has 0 saturated carbocycles. The summed E-state index contributed by atoms with van der Waals surface area (Å²) in [6, 6.07) is 0. The predicted octanol–water partition coefficient (Wildman–Crippen LogP) is 1.55. The second kappa shape index (κ2) is 5.78. The molecular weight excluding hydrogens is 225 g/mol. The molecule has 4 nitrogen and oxygen atoms in total. The number of rotatable bonds is 4. The number of carboxylic acids is 1. The molecule has 5 heteroatoms. The smallest absolute Gasteiger partial charge is 0.329 e. The zero-order valence-corrected chi connectivity index (χ0v) is 10.8. The maximum absolute atomic E-state index is 13.9. The number of carboxylic acid groups (broad SMARTS) is 1. The van der Waals surface area contributed by atoms with E-state index < -0.39 is 12.1 Å². The molecule has 1 N–H and O–H groups in total. The van der Waals surface area contributed by atoms with Crippen molar-refractivity contribution in [3.05, 3.63) is 0 Å². The van der Waals surface area contributed by atoms with Crippen molar-refractivity contribution in [2.24, 2.45) is 5.92 Å². The van der Waals surface area contributed by atoms with Gasteiger partial charge in [0, 0.05) is 18.0 Å². The fourth-order valence-corrected chi connectivity index (χ4v) is 2.05. The number of ether oxygens (including phenoxy) is 1. The van der Waals surface area contributed by atoms with E-state index in [9.17, 15) is 9.18 Å². The highest BCUT2D eigenvalue weighted by molar-refractivity contribution is 5.67. The molecule has 0 aromatic heterocycles. The monoisotopic (exact) mass is 247 g/mol. The lowest BCUT2D eigenvalue weighted by atomic mass is 9.92. The van der Waals surface area contributed by atoms with Gasteiger partial charge in [0.05, 0.1) is 6.61 Å². The molecule has 0 bridgehead atoms. The van der Waals surface area contributed by atoms with Gasteiger partial charge in [-0.25, -0.2) is 9.18 Å². The van der Waals surface area contributed by atoms with Crippen LogP contribution in [0.5, 0.6) is 0 Å². The average Bonchev–Trinajstić information content (AvgIpc) is 2.18. The van der Waals surface area contributed by atoms with Crippen molar-refractivity contribution >= 4 is 5.97 Å². The number of hydrogen-bond donors (Lipinski definition) is 1. The van der Waals surface area contributed by atoms with E-state index in [1.165, 1.54) is 0 Å². The van der Waals surface area contributed by atoms with Gasteiger partial charge in [-0.05, 0) is 33.7 Å². The molecule has 1 saturated heterocycles. The van der Waals surface area contributed by atoms with Crippen LogP contribution in [0.2, 0.25) is 0 Å². The number of likely N-dealkylation sites (tertiary alicyclic amines) is 1. The van der Waals surface area contributed by atoms with E-state index in [-0.39, 0.29) is 24.7 Å². The summed E-state index contributed by atoms with van der Waals surface area (Å²) in [4.78, 5) is 12.4. The molecule has 0 aromatic carbocycles. The number of nitrogens with zero attached hydrogens (tertiary/aromatic N) is 1. The summed E-state index contributed by atoms with van der Waals surface area (Å²) in [6.07, 6.45) is -0.213. The number of halogens is 1. The Bertz CT molecular complexity index is 265. The lowest BCUT2D eigenvalue weighted by molar-refractivity contribution is -0.143.